The summed E-state index contributed by atoms with van der Waals surface area (Å²) in [5.41, 5.74) is 0. The Balaban J connectivity index is 2.21. The van der Waals surface area contributed by atoms with Crippen molar-refractivity contribution in [3.63, 3.8) is 0 Å². The van der Waals surface area contributed by atoms with Crippen LogP contribution in [0.1, 0.15) is 13.8 Å². The molecule has 1 fully saturated rings. The zero-order chi connectivity index (χ0) is 9.68. The average Bonchev–Trinajstić information content (AvgIpc) is 2.15. The van der Waals surface area contributed by atoms with Gasteiger partial charge in [0.25, 0.3) is 0 Å². The van der Waals surface area contributed by atoms with Crippen molar-refractivity contribution in [2.75, 3.05) is 31.1 Å². The maximum Gasteiger partial charge on any atom is 0.236 e. The van der Waals surface area contributed by atoms with Gasteiger partial charge in [0.15, 0.2) is 0 Å². The lowest BCUT2D eigenvalue weighted by Gasteiger charge is -2.26. The van der Waals surface area contributed by atoms with Crippen LogP contribution in [0.15, 0.2) is 0 Å². The molecule has 0 bridgehead atoms. The summed E-state index contributed by atoms with van der Waals surface area (Å²) in [7, 11) is 0. The molecule has 3 nitrogen and oxygen atoms in total. The topological polar surface area (TPSA) is 32.3 Å². The standard InChI is InChI=1S/C9H18N2OS/c1-8(2)10-7-9(12)11-3-5-13-6-4-11/h8,10H,3-7H2,1-2H3. The Hall–Kier alpha value is -0.220. The second-order valence-electron chi connectivity index (χ2n) is 3.53. The van der Waals surface area contributed by atoms with Crippen LogP contribution in [0.5, 0.6) is 0 Å². The Morgan fingerprint density at radius 1 is 1.46 bits per heavy atom. The second kappa shape index (κ2) is 5.50. The highest BCUT2D eigenvalue weighted by Crippen LogP contribution is 2.08. The summed E-state index contributed by atoms with van der Waals surface area (Å²) in [5.74, 6) is 2.43. The first-order valence-electron chi connectivity index (χ1n) is 4.79. The van der Waals surface area contributed by atoms with Gasteiger partial charge in [0.05, 0.1) is 6.54 Å². The van der Waals surface area contributed by atoms with Gasteiger partial charge in [-0.15, -0.1) is 0 Å². The number of amides is 1. The Morgan fingerprint density at radius 3 is 2.62 bits per heavy atom. The van der Waals surface area contributed by atoms with E-state index in [4.69, 9.17) is 0 Å². The summed E-state index contributed by atoms with van der Waals surface area (Å²) >= 11 is 1.93. The average molecular weight is 202 g/mol. The number of thioether (sulfide) groups is 1. The third-order valence-corrected chi connectivity index (χ3v) is 2.97. The van der Waals surface area contributed by atoms with E-state index in [9.17, 15) is 4.79 Å². The fraction of sp³-hybridized carbons (Fsp3) is 0.889. The minimum absolute atomic E-state index is 0.244. The molecule has 0 atom stereocenters. The molecule has 0 aromatic heterocycles. The molecule has 1 saturated heterocycles. The van der Waals surface area contributed by atoms with Crippen LogP contribution in [0.3, 0.4) is 0 Å². The number of carbonyl (C=O) groups excluding carboxylic acids is 1. The van der Waals surface area contributed by atoms with Crippen LogP contribution < -0.4 is 5.32 Å². The van der Waals surface area contributed by atoms with E-state index in [0.29, 0.717) is 12.6 Å². The Bertz CT molecular complexity index is 167. The van der Waals surface area contributed by atoms with Gasteiger partial charge in [-0.25, -0.2) is 0 Å². The van der Waals surface area contributed by atoms with Crippen molar-refractivity contribution in [3.05, 3.63) is 0 Å². The third kappa shape index (κ3) is 4.00. The van der Waals surface area contributed by atoms with Crippen molar-refractivity contribution in [2.45, 2.75) is 19.9 Å². The van der Waals surface area contributed by atoms with Crippen molar-refractivity contribution in [2.24, 2.45) is 0 Å². The predicted octanol–water partition coefficient (Wildman–Crippen LogP) is 0.560. The first-order chi connectivity index (χ1) is 6.20. The molecular formula is C9H18N2OS. The molecule has 13 heavy (non-hydrogen) atoms. The second-order valence-corrected chi connectivity index (χ2v) is 4.75. The molecule has 76 valence electrons. The number of rotatable bonds is 3. The van der Waals surface area contributed by atoms with E-state index in [1.807, 2.05) is 16.7 Å². The van der Waals surface area contributed by atoms with Crippen molar-refractivity contribution >= 4 is 17.7 Å². The Kier molecular flexibility index (Phi) is 4.59. The first-order valence-corrected chi connectivity index (χ1v) is 5.94. The van der Waals surface area contributed by atoms with Gasteiger partial charge in [-0.2, -0.15) is 11.8 Å². The zero-order valence-electron chi connectivity index (χ0n) is 8.38. The molecule has 4 heteroatoms. The summed E-state index contributed by atoms with van der Waals surface area (Å²) in [5, 5.41) is 3.14. The van der Waals surface area contributed by atoms with Gasteiger partial charge in [0.2, 0.25) is 5.91 Å². The quantitative estimate of drug-likeness (QED) is 0.726. The van der Waals surface area contributed by atoms with Gasteiger partial charge >= 0.3 is 0 Å². The van der Waals surface area contributed by atoms with Crippen LogP contribution in [0.2, 0.25) is 0 Å². The fourth-order valence-corrected chi connectivity index (χ4v) is 2.12. The lowest BCUT2D eigenvalue weighted by molar-refractivity contribution is -0.129. The summed E-state index contributed by atoms with van der Waals surface area (Å²) in [6, 6.07) is 0.392. The van der Waals surface area contributed by atoms with Gasteiger partial charge in [0.1, 0.15) is 0 Å². The van der Waals surface area contributed by atoms with E-state index in [0.717, 1.165) is 24.6 Å². The van der Waals surface area contributed by atoms with E-state index < -0.39 is 0 Å². The molecule has 0 aromatic rings. The highest BCUT2D eigenvalue weighted by atomic mass is 32.2. The lowest BCUT2D eigenvalue weighted by Crippen LogP contribution is -2.43. The highest BCUT2D eigenvalue weighted by molar-refractivity contribution is 7.99. The first kappa shape index (κ1) is 10.9. The Labute approximate surface area is 84.2 Å². The molecule has 0 spiro atoms. The number of hydrogen-bond donors (Lipinski definition) is 1. The molecule has 1 heterocycles. The van der Waals surface area contributed by atoms with E-state index in [1.165, 1.54) is 0 Å². The largest absolute Gasteiger partial charge is 0.340 e. The summed E-state index contributed by atoms with van der Waals surface area (Å²) in [4.78, 5) is 13.5. The molecule has 0 aromatic carbocycles. The number of carbonyl (C=O) groups is 1. The fourth-order valence-electron chi connectivity index (χ4n) is 1.22. The highest BCUT2D eigenvalue weighted by Gasteiger charge is 2.15. The van der Waals surface area contributed by atoms with Crippen LogP contribution in [-0.4, -0.2) is 48.0 Å². The van der Waals surface area contributed by atoms with Gasteiger partial charge in [-0.1, -0.05) is 13.8 Å². The van der Waals surface area contributed by atoms with Gasteiger partial charge < -0.3 is 10.2 Å². The monoisotopic (exact) mass is 202 g/mol. The van der Waals surface area contributed by atoms with Crippen molar-refractivity contribution in [3.8, 4) is 0 Å². The molecule has 1 aliphatic heterocycles. The SMILES string of the molecule is CC(C)NCC(=O)N1CCSCC1. The van der Waals surface area contributed by atoms with Crippen molar-refractivity contribution in [1.82, 2.24) is 10.2 Å². The maximum absolute atomic E-state index is 11.6. The van der Waals surface area contributed by atoms with Gasteiger partial charge in [-0.3, -0.25) is 4.79 Å². The molecule has 1 amide bonds. The van der Waals surface area contributed by atoms with Crippen LogP contribution in [0.25, 0.3) is 0 Å². The van der Waals surface area contributed by atoms with Gasteiger partial charge in [0, 0.05) is 30.6 Å². The zero-order valence-corrected chi connectivity index (χ0v) is 9.19. The smallest absolute Gasteiger partial charge is 0.236 e. The van der Waals surface area contributed by atoms with E-state index >= 15 is 0 Å². The van der Waals surface area contributed by atoms with Crippen molar-refractivity contribution < 1.29 is 4.79 Å². The minimum atomic E-state index is 0.244. The lowest BCUT2D eigenvalue weighted by atomic mass is 10.3. The molecule has 1 aliphatic rings. The normalized spacial score (nSPS) is 17.9. The predicted molar refractivity (Wildman–Crippen MR) is 57.0 cm³/mol. The number of nitrogens with zero attached hydrogens (tertiary/aromatic N) is 1. The maximum atomic E-state index is 11.6. The summed E-state index contributed by atoms with van der Waals surface area (Å²) in [6.07, 6.45) is 0. The molecular weight excluding hydrogens is 184 g/mol. The van der Waals surface area contributed by atoms with Gasteiger partial charge in [-0.05, 0) is 0 Å². The van der Waals surface area contributed by atoms with Crippen LogP contribution in [0, 0.1) is 0 Å². The van der Waals surface area contributed by atoms with Crippen LogP contribution >= 0.6 is 11.8 Å². The minimum Gasteiger partial charge on any atom is -0.340 e. The molecule has 1 N–H and O–H groups in total. The molecule has 0 unspecified atom stereocenters. The van der Waals surface area contributed by atoms with Crippen LogP contribution in [0.4, 0.5) is 0 Å². The summed E-state index contributed by atoms with van der Waals surface area (Å²) < 4.78 is 0. The van der Waals surface area contributed by atoms with E-state index in [2.05, 4.69) is 19.2 Å². The van der Waals surface area contributed by atoms with E-state index in [1.54, 1.807) is 0 Å². The number of hydrogen-bond acceptors (Lipinski definition) is 3. The number of nitrogens with one attached hydrogen (secondary N) is 1. The molecule has 0 radical (unpaired) electrons. The van der Waals surface area contributed by atoms with Crippen LogP contribution in [-0.2, 0) is 4.79 Å². The Morgan fingerprint density at radius 2 is 2.08 bits per heavy atom. The molecule has 0 saturated carbocycles. The van der Waals surface area contributed by atoms with E-state index in [-0.39, 0.29) is 5.91 Å². The molecule has 0 aliphatic carbocycles. The summed E-state index contributed by atoms with van der Waals surface area (Å²) in [6.45, 7) is 6.44. The molecule has 1 rings (SSSR count). The third-order valence-electron chi connectivity index (χ3n) is 2.03. The van der Waals surface area contributed by atoms with Crippen molar-refractivity contribution in [1.29, 1.82) is 0 Å².